The highest BCUT2D eigenvalue weighted by atomic mass is 79.9. The van der Waals surface area contributed by atoms with Crippen LogP contribution >= 0.6 is 27.5 Å². The first-order valence-electron chi connectivity index (χ1n) is 6.73. The van der Waals surface area contributed by atoms with Crippen molar-refractivity contribution in [2.45, 2.75) is 25.7 Å². The summed E-state index contributed by atoms with van der Waals surface area (Å²) >= 11 is 9.57. The molecule has 0 atom stereocenters. The number of benzene rings is 1. The highest BCUT2D eigenvalue weighted by Crippen LogP contribution is 2.43. The van der Waals surface area contributed by atoms with Crippen molar-refractivity contribution in [2.75, 3.05) is 6.61 Å². The lowest BCUT2D eigenvalue weighted by atomic mass is 10.2. The molecule has 110 valence electrons. The topological polar surface area (TPSA) is 52.3 Å². The molecule has 0 bridgehead atoms. The maximum absolute atomic E-state index is 12.0. The predicted octanol–water partition coefficient (Wildman–Crippen LogP) is 4.81. The molecule has 0 aliphatic heterocycles. The first-order valence-corrected chi connectivity index (χ1v) is 7.90. The molecular formula is C15H13BrClNO3. The summed E-state index contributed by atoms with van der Waals surface area (Å²) in [4.78, 5) is 16.5. The number of aromatic nitrogens is 1. The van der Waals surface area contributed by atoms with E-state index in [9.17, 15) is 4.79 Å². The summed E-state index contributed by atoms with van der Waals surface area (Å²) in [6, 6.07) is 5.43. The number of hydrogen-bond donors (Lipinski definition) is 0. The van der Waals surface area contributed by atoms with Crippen molar-refractivity contribution in [3.05, 3.63) is 39.1 Å². The maximum Gasteiger partial charge on any atom is 0.376 e. The second-order valence-corrected chi connectivity index (χ2v) is 6.18. The summed E-state index contributed by atoms with van der Waals surface area (Å²) in [6.07, 6.45) is 2.04. The van der Waals surface area contributed by atoms with E-state index in [1.54, 1.807) is 13.0 Å². The van der Waals surface area contributed by atoms with Gasteiger partial charge in [0.2, 0.25) is 11.7 Å². The van der Waals surface area contributed by atoms with Crippen molar-refractivity contribution in [1.29, 1.82) is 0 Å². The van der Waals surface area contributed by atoms with Gasteiger partial charge < -0.3 is 9.15 Å². The van der Waals surface area contributed by atoms with Gasteiger partial charge in [0.15, 0.2) is 0 Å². The number of nitrogens with zero attached hydrogens (tertiary/aromatic N) is 1. The SMILES string of the molecule is CCOC(=O)c1oc(-c2ccc(Br)cc2Cl)nc1C1CC1. The Kier molecular flexibility index (Phi) is 4.04. The zero-order chi connectivity index (χ0) is 15.0. The minimum atomic E-state index is -0.466. The third kappa shape index (κ3) is 2.99. The second-order valence-electron chi connectivity index (χ2n) is 4.85. The molecule has 0 spiro atoms. The van der Waals surface area contributed by atoms with E-state index in [1.165, 1.54) is 0 Å². The van der Waals surface area contributed by atoms with Gasteiger partial charge in [-0.25, -0.2) is 9.78 Å². The van der Waals surface area contributed by atoms with E-state index in [0.717, 1.165) is 17.3 Å². The van der Waals surface area contributed by atoms with Crippen molar-refractivity contribution in [2.24, 2.45) is 0 Å². The fourth-order valence-electron chi connectivity index (χ4n) is 2.09. The van der Waals surface area contributed by atoms with Gasteiger partial charge in [0.25, 0.3) is 0 Å². The van der Waals surface area contributed by atoms with Gasteiger partial charge in [-0.3, -0.25) is 0 Å². The van der Waals surface area contributed by atoms with E-state index in [-0.39, 0.29) is 11.7 Å². The Morgan fingerprint density at radius 3 is 2.90 bits per heavy atom. The van der Waals surface area contributed by atoms with Crippen LogP contribution in [-0.4, -0.2) is 17.6 Å². The summed E-state index contributed by atoms with van der Waals surface area (Å²) in [5.41, 5.74) is 1.35. The van der Waals surface area contributed by atoms with Crippen LogP contribution < -0.4 is 0 Å². The Morgan fingerprint density at radius 1 is 1.52 bits per heavy atom. The van der Waals surface area contributed by atoms with E-state index in [0.29, 0.717) is 28.8 Å². The molecule has 1 aliphatic rings. The molecule has 1 saturated carbocycles. The normalized spacial score (nSPS) is 14.2. The van der Waals surface area contributed by atoms with Crippen LogP contribution in [0.3, 0.4) is 0 Å². The van der Waals surface area contributed by atoms with Crippen molar-refractivity contribution >= 4 is 33.5 Å². The number of rotatable bonds is 4. The molecule has 21 heavy (non-hydrogen) atoms. The van der Waals surface area contributed by atoms with Gasteiger partial charge in [0.1, 0.15) is 0 Å². The summed E-state index contributed by atoms with van der Waals surface area (Å²) in [5, 5.41) is 0.517. The molecular weight excluding hydrogens is 358 g/mol. The second kappa shape index (κ2) is 5.81. The third-order valence-electron chi connectivity index (χ3n) is 3.24. The molecule has 0 N–H and O–H groups in total. The highest BCUT2D eigenvalue weighted by Gasteiger charge is 2.34. The van der Waals surface area contributed by atoms with Gasteiger partial charge >= 0.3 is 5.97 Å². The summed E-state index contributed by atoms with van der Waals surface area (Å²) in [7, 11) is 0. The number of hydrogen-bond acceptors (Lipinski definition) is 4. The van der Waals surface area contributed by atoms with Crippen LogP contribution in [-0.2, 0) is 4.74 Å². The molecule has 1 aromatic carbocycles. The molecule has 4 nitrogen and oxygen atoms in total. The van der Waals surface area contributed by atoms with Gasteiger partial charge in [-0.2, -0.15) is 0 Å². The Morgan fingerprint density at radius 2 is 2.29 bits per heavy atom. The number of oxazole rings is 1. The van der Waals surface area contributed by atoms with Crippen LogP contribution in [0.4, 0.5) is 0 Å². The number of ether oxygens (including phenoxy) is 1. The summed E-state index contributed by atoms with van der Waals surface area (Å²) in [5.74, 6) is 0.383. The average molecular weight is 371 g/mol. The average Bonchev–Trinajstić information content (AvgIpc) is 3.19. The first kappa shape index (κ1) is 14.6. The predicted molar refractivity (Wildman–Crippen MR) is 82.6 cm³/mol. The van der Waals surface area contributed by atoms with E-state index in [2.05, 4.69) is 20.9 Å². The summed E-state index contributed by atoms with van der Waals surface area (Å²) in [6.45, 7) is 2.07. The van der Waals surface area contributed by atoms with E-state index < -0.39 is 5.97 Å². The standard InChI is InChI=1S/C15H13BrClNO3/c1-2-20-15(19)13-12(8-3-4-8)18-14(21-13)10-6-5-9(16)7-11(10)17/h5-8H,2-4H2,1H3. The molecule has 1 fully saturated rings. The largest absolute Gasteiger partial charge is 0.460 e. The Hall–Kier alpha value is -1.33. The van der Waals surface area contributed by atoms with Crippen molar-refractivity contribution < 1.29 is 13.9 Å². The molecule has 0 saturated heterocycles. The fourth-order valence-corrected chi connectivity index (χ4v) is 2.84. The zero-order valence-electron chi connectivity index (χ0n) is 11.4. The van der Waals surface area contributed by atoms with E-state index >= 15 is 0 Å². The third-order valence-corrected chi connectivity index (χ3v) is 4.05. The van der Waals surface area contributed by atoms with E-state index in [1.807, 2.05) is 12.1 Å². The highest BCUT2D eigenvalue weighted by molar-refractivity contribution is 9.10. The van der Waals surface area contributed by atoms with Gasteiger partial charge in [-0.05, 0) is 38.0 Å². The molecule has 3 rings (SSSR count). The molecule has 0 radical (unpaired) electrons. The minimum absolute atomic E-state index is 0.202. The number of carbonyl (C=O) groups is 1. The molecule has 0 amide bonds. The lowest BCUT2D eigenvalue weighted by molar-refractivity contribution is 0.0489. The van der Waals surface area contributed by atoms with Gasteiger partial charge in [0.05, 0.1) is 22.9 Å². The quantitative estimate of drug-likeness (QED) is 0.725. The van der Waals surface area contributed by atoms with Crippen LogP contribution in [0.2, 0.25) is 5.02 Å². The molecule has 1 aliphatic carbocycles. The van der Waals surface area contributed by atoms with Crippen LogP contribution in [0.15, 0.2) is 27.1 Å². The van der Waals surface area contributed by atoms with Gasteiger partial charge in [-0.1, -0.05) is 27.5 Å². The molecule has 2 aromatic rings. The monoisotopic (exact) mass is 369 g/mol. The minimum Gasteiger partial charge on any atom is -0.460 e. The zero-order valence-corrected chi connectivity index (χ0v) is 13.7. The Bertz CT molecular complexity index is 694. The van der Waals surface area contributed by atoms with Crippen molar-refractivity contribution in [3.63, 3.8) is 0 Å². The maximum atomic E-state index is 12.0. The smallest absolute Gasteiger partial charge is 0.376 e. The first-order chi connectivity index (χ1) is 10.1. The van der Waals surface area contributed by atoms with Crippen LogP contribution in [0.1, 0.15) is 41.9 Å². The van der Waals surface area contributed by atoms with E-state index in [4.69, 9.17) is 20.8 Å². The molecule has 1 aromatic heterocycles. The van der Waals surface area contributed by atoms with Crippen molar-refractivity contribution in [1.82, 2.24) is 4.98 Å². The van der Waals surface area contributed by atoms with Crippen LogP contribution in [0, 0.1) is 0 Å². The molecule has 0 unspecified atom stereocenters. The molecule has 6 heteroatoms. The lowest BCUT2D eigenvalue weighted by Crippen LogP contribution is -2.05. The van der Waals surface area contributed by atoms with Crippen LogP contribution in [0.5, 0.6) is 0 Å². The van der Waals surface area contributed by atoms with Gasteiger partial charge in [-0.15, -0.1) is 0 Å². The van der Waals surface area contributed by atoms with Crippen molar-refractivity contribution in [3.8, 4) is 11.5 Å². The number of carbonyl (C=O) groups excluding carboxylic acids is 1. The van der Waals surface area contributed by atoms with Crippen LogP contribution in [0.25, 0.3) is 11.5 Å². The number of esters is 1. The Balaban J connectivity index is 2.03. The lowest BCUT2D eigenvalue weighted by Gasteiger charge is -2.00. The fraction of sp³-hybridized carbons (Fsp3) is 0.333. The number of halogens is 2. The Labute approximate surface area is 135 Å². The molecule has 1 heterocycles. The van der Waals surface area contributed by atoms with Gasteiger partial charge in [0, 0.05) is 10.4 Å². The summed E-state index contributed by atoms with van der Waals surface area (Å²) < 4.78 is 11.6.